The van der Waals surface area contributed by atoms with Crippen LogP contribution in [0.15, 0.2) is 24.3 Å². The van der Waals surface area contributed by atoms with E-state index in [1.807, 2.05) is 6.92 Å². The largest absolute Gasteiger partial charge is 0.374 e. The van der Waals surface area contributed by atoms with Crippen LogP contribution in [0.4, 0.5) is 5.69 Å². The molecule has 0 saturated heterocycles. The number of anilines is 1. The summed E-state index contributed by atoms with van der Waals surface area (Å²) in [5.74, 6) is 0. The van der Waals surface area contributed by atoms with Crippen LogP contribution in [-0.2, 0) is 0 Å². The smallest absolute Gasteiger partial charge is 0.0363 e. The maximum absolute atomic E-state index is 5.83. The van der Waals surface area contributed by atoms with Crippen molar-refractivity contribution >= 4 is 5.69 Å². The molecule has 0 radical (unpaired) electrons. The summed E-state index contributed by atoms with van der Waals surface area (Å²) in [7, 11) is 2.13. The lowest BCUT2D eigenvalue weighted by atomic mass is 9.96. The first kappa shape index (κ1) is 13.0. The van der Waals surface area contributed by atoms with Gasteiger partial charge in [-0.1, -0.05) is 32.9 Å². The van der Waals surface area contributed by atoms with E-state index in [1.54, 1.807) is 0 Å². The number of rotatable bonds is 3. The van der Waals surface area contributed by atoms with E-state index >= 15 is 0 Å². The van der Waals surface area contributed by atoms with Crippen molar-refractivity contribution < 1.29 is 0 Å². The van der Waals surface area contributed by atoms with Crippen LogP contribution in [0.2, 0.25) is 0 Å². The molecule has 0 spiro atoms. The highest BCUT2D eigenvalue weighted by atomic mass is 15.1. The minimum absolute atomic E-state index is 0.113. The molecule has 0 saturated carbocycles. The van der Waals surface area contributed by atoms with Gasteiger partial charge in [0.25, 0.3) is 0 Å². The summed E-state index contributed by atoms with van der Waals surface area (Å²) < 4.78 is 0. The Morgan fingerprint density at radius 2 is 1.69 bits per heavy atom. The van der Waals surface area contributed by atoms with E-state index in [0.717, 1.165) is 6.54 Å². The van der Waals surface area contributed by atoms with Gasteiger partial charge in [-0.05, 0) is 30.0 Å². The molecule has 0 unspecified atom stereocenters. The van der Waals surface area contributed by atoms with Gasteiger partial charge in [0.2, 0.25) is 0 Å². The van der Waals surface area contributed by atoms with Crippen LogP contribution in [0, 0.1) is 5.41 Å². The van der Waals surface area contributed by atoms with Gasteiger partial charge in [0.1, 0.15) is 0 Å². The Morgan fingerprint density at radius 1 is 1.19 bits per heavy atom. The predicted octanol–water partition coefficient (Wildman–Crippen LogP) is 3.19. The van der Waals surface area contributed by atoms with Gasteiger partial charge in [-0.25, -0.2) is 0 Å². The van der Waals surface area contributed by atoms with Crippen molar-refractivity contribution in [2.45, 2.75) is 33.7 Å². The zero-order chi connectivity index (χ0) is 12.3. The predicted molar refractivity (Wildman–Crippen MR) is 71.8 cm³/mol. The molecule has 0 aromatic heterocycles. The number of hydrogen-bond donors (Lipinski definition) is 1. The molecule has 1 atom stereocenters. The Hall–Kier alpha value is -1.02. The van der Waals surface area contributed by atoms with Crippen molar-refractivity contribution in [1.82, 2.24) is 0 Å². The Balaban J connectivity index is 2.74. The molecule has 2 N–H and O–H groups in total. The summed E-state index contributed by atoms with van der Waals surface area (Å²) in [4.78, 5) is 2.28. The monoisotopic (exact) mass is 220 g/mol. The van der Waals surface area contributed by atoms with Gasteiger partial charge >= 0.3 is 0 Å². The normalized spacial score (nSPS) is 13.6. The first-order chi connectivity index (χ1) is 7.29. The van der Waals surface area contributed by atoms with E-state index in [1.165, 1.54) is 11.3 Å². The lowest BCUT2D eigenvalue weighted by molar-refractivity contribution is 0.419. The molecule has 0 aliphatic rings. The second-order valence-corrected chi connectivity index (χ2v) is 5.80. The maximum atomic E-state index is 5.83. The second kappa shape index (κ2) is 4.88. The van der Waals surface area contributed by atoms with E-state index in [-0.39, 0.29) is 6.04 Å². The van der Waals surface area contributed by atoms with E-state index in [2.05, 4.69) is 57.0 Å². The molecule has 1 rings (SSSR count). The van der Waals surface area contributed by atoms with Gasteiger partial charge in [-0.3, -0.25) is 0 Å². The Kier molecular flexibility index (Phi) is 3.98. The van der Waals surface area contributed by atoms with E-state index in [0.29, 0.717) is 5.41 Å². The molecule has 16 heavy (non-hydrogen) atoms. The molecule has 0 heterocycles. The average Bonchev–Trinajstić information content (AvgIpc) is 2.15. The standard InChI is InChI=1S/C14H24N2/c1-11(15)12-6-8-13(9-7-12)16(5)10-14(2,3)4/h6-9,11H,10,15H2,1-5H3/t11-/m0/s1. The number of benzene rings is 1. The van der Waals surface area contributed by atoms with Crippen LogP contribution in [0.3, 0.4) is 0 Å². The molecule has 0 amide bonds. The lowest BCUT2D eigenvalue weighted by Crippen LogP contribution is -2.29. The van der Waals surface area contributed by atoms with Gasteiger partial charge < -0.3 is 10.6 Å². The van der Waals surface area contributed by atoms with E-state index in [4.69, 9.17) is 5.73 Å². The quantitative estimate of drug-likeness (QED) is 0.847. The van der Waals surface area contributed by atoms with Crippen molar-refractivity contribution in [1.29, 1.82) is 0 Å². The van der Waals surface area contributed by atoms with Crippen LogP contribution in [-0.4, -0.2) is 13.6 Å². The summed E-state index contributed by atoms with van der Waals surface area (Å²) in [6, 6.07) is 8.62. The van der Waals surface area contributed by atoms with Crippen LogP contribution in [0.25, 0.3) is 0 Å². The van der Waals surface area contributed by atoms with Crippen molar-refractivity contribution in [3.8, 4) is 0 Å². The van der Waals surface area contributed by atoms with Gasteiger partial charge in [-0.15, -0.1) is 0 Å². The SMILES string of the molecule is C[C@H](N)c1ccc(N(C)CC(C)(C)C)cc1. The minimum Gasteiger partial charge on any atom is -0.374 e. The Bertz CT molecular complexity index is 320. The average molecular weight is 220 g/mol. The fourth-order valence-corrected chi connectivity index (χ4v) is 1.84. The van der Waals surface area contributed by atoms with Crippen molar-refractivity contribution in [3.63, 3.8) is 0 Å². The molecule has 1 aromatic rings. The topological polar surface area (TPSA) is 29.3 Å². The van der Waals surface area contributed by atoms with Gasteiger partial charge in [0, 0.05) is 25.3 Å². The molecule has 90 valence electrons. The minimum atomic E-state index is 0.113. The van der Waals surface area contributed by atoms with Gasteiger partial charge in [0.05, 0.1) is 0 Å². The highest BCUT2D eigenvalue weighted by Crippen LogP contribution is 2.21. The van der Waals surface area contributed by atoms with Crippen molar-refractivity contribution in [3.05, 3.63) is 29.8 Å². The molecule has 2 nitrogen and oxygen atoms in total. The first-order valence-corrected chi connectivity index (χ1v) is 5.86. The summed E-state index contributed by atoms with van der Waals surface area (Å²) in [5, 5.41) is 0. The Labute approximate surface area is 99.5 Å². The third-order valence-corrected chi connectivity index (χ3v) is 2.57. The van der Waals surface area contributed by atoms with Crippen LogP contribution in [0.5, 0.6) is 0 Å². The molecular formula is C14H24N2. The van der Waals surface area contributed by atoms with Crippen molar-refractivity contribution in [2.75, 3.05) is 18.5 Å². The summed E-state index contributed by atoms with van der Waals surface area (Å²) in [5.41, 5.74) is 8.58. The first-order valence-electron chi connectivity index (χ1n) is 5.86. The third kappa shape index (κ3) is 3.86. The number of hydrogen-bond acceptors (Lipinski definition) is 2. The molecule has 0 fully saturated rings. The highest BCUT2D eigenvalue weighted by molar-refractivity contribution is 5.47. The van der Waals surface area contributed by atoms with E-state index in [9.17, 15) is 0 Å². The second-order valence-electron chi connectivity index (χ2n) is 5.80. The van der Waals surface area contributed by atoms with Crippen LogP contribution >= 0.6 is 0 Å². The molecular weight excluding hydrogens is 196 g/mol. The zero-order valence-corrected chi connectivity index (χ0v) is 11.1. The summed E-state index contributed by atoms with van der Waals surface area (Å²) in [6.07, 6.45) is 0. The number of nitrogens with zero attached hydrogens (tertiary/aromatic N) is 1. The highest BCUT2D eigenvalue weighted by Gasteiger charge is 2.13. The fourth-order valence-electron chi connectivity index (χ4n) is 1.84. The fraction of sp³-hybridized carbons (Fsp3) is 0.571. The van der Waals surface area contributed by atoms with E-state index < -0.39 is 0 Å². The number of nitrogens with two attached hydrogens (primary N) is 1. The third-order valence-electron chi connectivity index (χ3n) is 2.57. The molecule has 1 aromatic carbocycles. The van der Waals surface area contributed by atoms with Crippen LogP contribution < -0.4 is 10.6 Å². The lowest BCUT2D eigenvalue weighted by Gasteiger charge is -2.28. The van der Waals surface area contributed by atoms with Gasteiger partial charge in [-0.2, -0.15) is 0 Å². The van der Waals surface area contributed by atoms with Crippen molar-refractivity contribution in [2.24, 2.45) is 11.1 Å². The molecule has 0 aliphatic carbocycles. The molecule has 0 bridgehead atoms. The maximum Gasteiger partial charge on any atom is 0.0363 e. The summed E-state index contributed by atoms with van der Waals surface area (Å²) >= 11 is 0. The molecule has 2 heteroatoms. The zero-order valence-electron chi connectivity index (χ0n) is 11.1. The molecule has 0 aliphatic heterocycles. The summed E-state index contributed by atoms with van der Waals surface area (Å²) in [6.45, 7) is 9.80. The van der Waals surface area contributed by atoms with Crippen LogP contribution in [0.1, 0.15) is 39.3 Å². The van der Waals surface area contributed by atoms with Gasteiger partial charge in [0.15, 0.2) is 0 Å². The Morgan fingerprint density at radius 3 is 2.06 bits per heavy atom.